The van der Waals surface area contributed by atoms with E-state index in [0.717, 1.165) is 6.07 Å². The third-order valence-corrected chi connectivity index (χ3v) is 2.51. The minimum absolute atomic E-state index is 0.0625. The van der Waals surface area contributed by atoms with Gasteiger partial charge in [0.1, 0.15) is 5.82 Å². The molecule has 0 saturated carbocycles. The number of rotatable bonds is 3. The molecule has 0 radical (unpaired) electrons. The molecule has 0 aliphatic rings. The van der Waals surface area contributed by atoms with Crippen molar-refractivity contribution in [2.75, 3.05) is 0 Å². The molecule has 0 atom stereocenters. The molecule has 2 rings (SSSR count). The van der Waals surface area contributed by atoms with E-state index >= 15 is 0 Å². The van der Waals surface area contributed by atoms with E-state index in [1.165, 1.54) is 6.20 Å². The SMILES string of the molecule is O=C(Cc1ncc(Cl)cc1F)c1ccccc1. The molecule has 1 aromatic carbocycles. The average Bonchev–Trinajstić information content (AvgIpc) is 2.34. The first kappa shape index (κ1) is 11.7. The van der Waals surface area contributed by atoms with Crippen molar-refractivity contribution in [3.8, 4) is 0 Å². The molecule has 0 spiro atoms. The number of carbonyl (C=O) groups excluding carboxylic acids is 1. The Morgan fingerprint density at radius 1 is 1.29 bits per heavy atom. The summed E-state index contributed by atoms with van der Waals surface area (Å²) in [7, 11) is 0. The lowest BCUT2D eigenvalue weighted by Crippen LogP contribution is -2.06. The highest BCUT2D eigenvalue weighted by molar-refractivity contribution is 6.30. The summed E-state index contributed by atoms with van der Waals surface area (Å²) in [5.74, 6) is -0.721. The topological polar surface area (TPSA) is 30.0 Å². The molecule has 0 aliphatic heterocycles. The first-order chi connectivity index (χ1) is 8.16. The Morgan fingerprint density at radius 2 is 2.00 bits per heavy atom. The molecule has 0 aliphatic carbocycles. The third kappa shape index (κ3) is 2.88. The monoisotopic (exact) mass is 249 g/mol. The molecule has 0 amide bonds. The van der Waals surface area contributed by atoms with E-state index in [4.69, 9.17) is 11.6 Å². The minimum Gasteiger partial charge on any atom is -0.294 e. The molecule has 1 heterocycles. The van der Waals surface area contributed by atoms with Gasteiger partial charge in [0, 0.05) is 11.8 Å². The van der Waals surface area contributed by atoms with Crippen LogP contribution in [0, 0.1) is 5.82 Å². The summed E-state index contributed by atoms with van der Waals surface area (Å²) in [5.41, 5.74) is 0.659. The molecule has 2 aromatic rings. The molecule has 17 heavy (non-hydrogen) atoms. The first-order valence-electron chi connectivity index (χ1n) is 5.05. The Morgan fingerprint density at radius 3 is 2.65 bits per heavy atom. The van der Waals surface area contributed by atoms with Crippen LogP contribution in [-0.2, 0) is 6.42 Å². The number of carbonyl (C=O) groups is 1. The summed E-state index contributed by atoms with van der Waals surface area (Å²) in [5, 5.41) is 0.221. The van der Waals surface area contributed by atoms with Crippen LogP contribution in [0.3, 0.4) is 0 Å². The molecule has 0 bridgehead atoms. The number of halogens is 2. The number of aromatic nitrogens is 1. The number of hydrogen-bond donors (Lipinski definition) is 0. The van der Waals surface area contributed by atoms with Gasteiger partial charge in [-0.3, -0.25) is 9.78 Å². The third-order valence-electron chi connectivity index (χ3n) is 2.31. The quantitative estimate of drug-likeness (QED) is 0.782. The predicted molar refractivity (Wildman–Crippen MR) is 63.7 cm³/mol. The summed E-state index contributed by atoms with van der Waals surface area (Å²) < 4.78 is 13.4. The normalized spacial score (nSPS) is 10.2. The van der Waals surface area contributed by atoms with Gasteiger partial charge in [0.15, 0.2) is 5.78 Å². The number of benzene rings is 1. The molecular weight excluding hydrogens is 241 g/mol. The van der Waals surface area contributed by atoms with Crippen molar-refractivity contribution in [1.82, 2.24) is 4.98 Å². The zero-order chi connectivity index (χ0) is 12.3. The van der Waals surface area contributed by atoms with Crippen LogP contribution < -0.4 is 0 Å². The lowest BCUT2D eigenvalue weighted by Gasteiger charge is -2.02. The van der Waals surface area contributed by atoms with Crippen molar-refractivity contribution < 1.29 is 9.18 Å². The Hall–Kier alpha value is -1.74. The number of hydrogen-bond acceptors (Lipinski definition) is 2. The fourth-order valence-corrected chi connectivity index (χ4v) is 1.60. The fraction of sp³-hybridized carbons (Fsp3) is 0.0769. The molecule has 0 unspecified atom stereocenters. The van der Waals surface area contributed by atoms with Crippen LogP contribution in [0.4, 0.5) is 4.39 Å². The van der Waals surface area contributed by atoms with Crippen LogP contribution in [0.2, 0.25) is 5.02 Å². The molecule has 0 saturated heterocycles. The molecule has 0 N–H and O–H groups in total. The van der Waals surface area contributed by atoms with Crippen molar-refractivity contribution in [2.24, 2.45) is 0 Å². The van der Waals surface area contributed by atoms with Crippen LogP contribution in [0.25, 0.3) is 0 Å². The van der Waals surface area contributed by atoms with Crippen molar-refractivity contribution in [3.63, 3.8) is 0 Å². The van der Waals surface area contributed by atoms with Crippen molar-refractivity contribution in [3.05, 3.63) is 64.7 Å². The maximum atomic E-state index is 13.4. The summed E-state index contributed by atoms with van der Waals surface area (Å²) in [6, 6.07) is 9.88. The molecule has 2 nitrogen and oxygen atoms in total. The number of Topliss-reactive ketones (excluding diaryl/α,β-unsaturated/α-hetero) is 1. The van der Waals surface area contributed by atoms with Crippen LogP contribution in [0.1, 0.15) is 16.1 Å². The average molecular weight is 250 g/mol. The summed E-state index contributed by atoms with van der Waals surface area (Å²) in [6.45, 7) is 0. The minimum atomic E-state index is -0.554. The second-order valence-electron chi connectivity index (χ2n) is 3.55. The van der Waals surface area contributed by atoms with E-state index in [1.807, 2.05) is 6.07 Å². The molecule has 4 heteroatoms. The van der Waals surface area contributed by atoms with Crippen molar-refractivity contribution in [2.45, 2.75) is 6.42 Å². The Bertz CT molecular complexity index is 542. The van der Waals surface area contributed by atoms with Gasteiger partial charge in [-0.15, -0.1) is 0 Å². The van der Waals surface area contributed by atoms with Crippen molar-refractivity contribution >= 4 is 17.4 Å². The summed E-state index contributed by atoms with van der Waals surface area (Å²) >= 11 is 5.58. The van der Waals surface area contributed by atoms with Crippen LogP contribution >= 0.6 is 11.6 Å². The van der Waals surface area contributed by atoms with Gasteiger partial charge in [-0.1, -0.05) is 41.9 Å². The van der Waals surface area contributed by atoms with E-state index in [0.29, 0.717) is 5.56 Å². The second kappa shape index (κ2) is 5.06. The molecule has 1 aromatic heterocycles. The maximum Gasteiger partial charge on any atom is 0.168 e. The highest BCUT2D eigenvalue weighted by atomic mass is 35.5. The van der Waals surface area contributed by atoms with E-state index in [1.54, 1.807) is 24.3 Å². The van der Waals surface area contributed by atoms with Gasteiger partial charge in [0.05, 0.1) is 17.1 Å². The van der Waals surface area contributed by atoms with Gasteiger partial charge in [-0.25, -0.2) is 4.39 Å². The molecular formula is C13H9ClFNO. The highest BCUT2D eigenvalue weighted by Crippen LogP contribution is 2.13. The summed E-state index contributed by atoms with van der Waals surface area (Å²) in [6.07, 6.45) is 1.27. The Labute approximate surface area is 103 Å². The van der Waals surface area contributed by atoms with Crippen LogP contribution in [0.5, 0.6) is 0 Å². The van der Waals surface area contributed by atoms with Gasteiger partial charge < -0.3 is 0 Å². The largest absolute Gasteiger partial charge is 0.294 e. The first-order valence-corrected chi connectivity index (χ1v) is 5.43. The van der Waals surface area contributed by atoms with Gasteiger partial charge in [-0.05, 0) is 6.07 Å². The second-order valence-corrected chi connectivity index (χ2v) is 3.98. The number of nitrogens with zero attached hydrogens (tertiary/aromatic N) is 1. The van der Waals surface area contributed by atoms with Gasteiger partial charge in [-0.2, -0.15) is 0 Å². The fourth-order valence-electron chi connectivity index (χ4n) is 1.45. The van der Waals surface area contributed by atoms with Crippen LogP contribution in [0.15, 0.2) is 42.6 Å². The maximum absolute atomic E-state index is 13.4. The van der Waals surface area contributed by atoms with E-state index in [2.05, 4.69) is 4.98 Å². The van der Waals surface area contributed by atoms with Gasteiger partial charge in [0.25, 0.3) is 0 Å². The lowest BCUT2D eigenvalue weighted by atomic mass is 10.1. The van der Waals surface area contributed by atoms with Crippen molar-refractivity contribution in [1.29, 1.82) is 0 Å². The molecule has 0 fully saturated rings. The zero-order valence-electron chi connectivity index (χ0n) is 8.86. The summed E-state index contributed by atoms with van der Waals surface area (Å²) in [4.78, 5) is 15.6. The van der Waals surface area contributed by atoms with Gasteiger partial charge >= 0.3 is 0 Å². The number of ketones is 1. The van der Waals surface area contributed by atoms with Gasteiger partial charge in [0.2, 0.25) is 0 Å². The Balaban J connectivity index is 2.19. The highest BCUT2D eigenvalue weighted by Gasteiger charge is 2.11. The molecule has 86 valence electrons. The number of pyridine rings is 1. The van der Waals surface area contributed by atoms with E-state index in [9.17, 15) is 9.18 Å². The van der Waals surface area contributed by atoms with E-state index in [-0.39, 0.29) is 22.9 Å². The Kier molecular flexibility index (Phi) is 3.49. The lowest BCUT2D eigenvalue weighted by molar-refractivity contribution is 0.0990. The van der Waals surface area contributed by atoms with Crippen LogP contribution in [-0.4, -0.2) is 10.8 Å². The predicted octanol–water partition coefficient (Wildman–Crippen LogP) is 3.30. The van der Waals surface area contributed by atoms with E-state index < -0.39 is 5.82 Å². The standard InChI is InChI=1S/C13H9ClFNO/c14-10-6-11(15)12(16-8-10)7-13(17)9-4-2-1-3-5-9/h1-6,8H,7H2. The zero-order valence-corrected chi connectivity index (χ0v) is 9.62. The smallest absolute Gasteiger partial charge is 0.168 e.